The Morgan fingerprint density at radius 1 is 0.323 bits per heavy atom. The van der Waals surface area contributed by atoms with E-state index in [0.717, 1.165) is 39.2 Å². The SMILES string of the molecule is CC1(C)c2ccccc2-c2ccc(N(c3cccc(-c4cccc5c6ccc7oc8ccccc8c7c6c6ccccc6c45)c3)c3ccccc3-c3ccc(-c4ccccc4)cc3)cc21. The van der Waals surface area contributed by atoms with Gasteiger partial charge in [-0.1, -0.05) is 190 Å². The molecule has 0 N–H and O–H groups in total. The van der Waals surface area contributed by atoms with Gasteiger partial charge in [-0.15, -0.1) is 0 Å². The molecule has 0 saturated carbocycles. The largest absolute Gasteiger partial charge is 0.456 e. The molecule has 13 rings (SSSR count). The maximum absolute atomic E-state index is 6.43. The molecule has 306 valence electrons. The molecule has 65 heavy (non-hydrogen) atoms. The first kappa shape index (κ1) is 37.4. The van der Waals surface area contributed by atoms with Crippen LogP contribution in [-0.2, 0) is 5.41 Å². The molecule has 0 radical (unpaired) electrons. The molecule has 1 heterocycles. The summed E-state index contributed by atoms with van der Waals surface area (Å²) >= 11 is 0. The van der Waals surface area contributed by atoms with E-state index in [1.807, 2.05) is 6.07 Å². The normalized spacial score (nSPS) is 12.9. The molecular formula is C63H43NO. The van der Waals surface area contributed by atoms with Gasteiger partial charge in [-0.3, -0.25) is 0 Å². The van der Waals surface area contributed by atoms with Crippen molar-refractivity contribution in [1.82, 2.24) is 0 Å². The number of fused-ring (bicyclic) bond motifs is 13. The van der Waals surface area contributed by atoms with E-state index in [0.29, 0.717) is 0 Å². The molecule has 0 bridgehead atoms. The van der Waals surface area contributed by atoms with Crippen LogP contribution in [-0.4, -0.2) is 0 Å². The van der Waals surface area contributed by atoms with Crippen LogP contribution in [0.15, 0.2) is 229 Å². The van der Waals surface area contributed by atoms with Crippen LogP contribution in [0.4, 0.5) is 17.1 Å². The number of hydrogen-bond donors (Lipinski definition) is 0. The molecule has 0 amide bonds. The number of rotatable bonds is 6. The highest BCUT2D eigenvalue weighted by Gasteiger charge is 2.36. The predicted molar refractivity (Wildman–Crippen MR) is 275 cm³/mol. The molecular weight excluding hydrogens is 787 g/mol. The zero-order valence-corrected chi connectivity index (χ0v) is 36.2. The molecule has 2 nitrogen and oxygen atoms in total. The van der Waals surface area contributed by atoms with Crippen LogP contribution in [0.2, 0.25) is 0 Å². The molecule has 1 aliphatic carbocycles. The van der Waals surface area contributed by atoms with Crippen molar-refractivity contribution < 1.29 is 4.42 Å². The highest BCUT2D eigenvalue weighted by molar-refractivity contribution is 6.36. The van der Waals surface area contributed by atoms with Crippen molar-refractivity contribution in [2.45, 2.75) is 19.3 Å². The van der Waals surface area contributed by atoms with E-state index in [4.69, 9.17) is 4.42 Å². The van der Waals surface area contributed by atoms with E-state index in [1.54, 1.807) is 0 Å². The van der Waals surface area contributed by atoms with Gasteiger partial charge in [0.25, 0.3) is 0 Å². The molecule has 0 saturated heterocycles. The second kappa shape index (κ2) is 14.4. The van der Waals surface area contributed by atoms with Gasteiger partial charge in [0.15, 0.2) is 0 Å². The van der Waals surface area contributed by atoms with Crippen molar-refractivity contribution in [2.24, 2.45) is 0 Å². The van der Waals surface area contributed by atoms with Crippen LogP contribution in [0.25, 0.3) is 98.8 Å². The van der Waals surface area contributed by atoms with Gasteiger partial charge in [-0.25, -0.2) is 0 Å². The molecule has 0 fully saturated rings. The van der Waals surface area contributed by atoms with Gasteiger partial charge in [0, 0.05) is 38.5 Å². The Morgan fingerprint density at radius 2 is 0.892 bits per heavy atom. The average molecular weight is 830 g/mol. The highest BCUT2D eigenvalue weighted by Crippen LogP contribution is 2.52. The Kier molecular flexibility index (Phi) is 8.29. The minimum Gasteiger partial charge on any atom is -0.456 e. The Hall–Kier alpha value is -8.20. The fourth-order valence-electron chi connectivity index (χ4n) is 11.0. The predicted octanol–water partition coefficient (Wildman–Crippen LogP) is 17.8. The van der Waals surface area contributed by atoms with E-state index in [2.05, 4.69) is 237 Å². The Balaban J connectivity index is 1.03. The van der Waals surface area contributed by atoms with E-state index >= 15 is 0 Å². The lowest BCUT2D eigenvalue weighted by atomic mass is 9.82. The zero-order valence-electron chi connectivity index (χ0n) is 36.2. The van der Waals surface area contributed by atoms with Gasteiger partial charge in [-0.2, -0.15) is 0 Å². The zero-order chi connectivity index (χ0) is 43.2. The molecule has 2 heteroatoms. The third-order valence-electron chi connectivity index (χ3n) is 14.1. The summed E-state index contributed by atoms with van der Waals surface area (Å²) < 4.78 is 6.43. The fraction of sp³-hybridized carbons (Fsp3) is 0.0476. The molecule has 1 aromatic heterocycles. The van der Waals surface area contributed by atoms with Crippen molar-refractivity contribution in [3.05, 3.63) is 236 Å². The minimum atomic E-state index is -0.149. The summed E-state index contributed by atoms with van der Waals surface area (Å²) in [5.41, 5.74) is 17.5. The number of anilines is 3. The van der Waals surface area contributed by atoms with Crippen LogP contribution >= 0.6 is 0 Å². The topological polar surface area (TPSA) is 16.4 Å². The monoisotopic (exact) mass is 829 g/mol. The molecule has 0 atom stereocenters. The van der Waals surface area contributed by atoms with Gasteiger partial charge >= 0.3 is 0 Å². The summed E-state index contributed by atoms with van der Waals surface area (Å²) in [6, 6.07) is 82.2. The molecule has 11 aromatic carbocycles. The van der Waals surface area contributed by atoms with Crippen molar-refractivity contribution >= 4 is 71.3 Å². The van der Waals surface area contributed by atoms with E-state index < -0.39 is 0 Å². The number of furan rings is 1. The molecule has 0 spiro atoms. The second-order valence-corrected chi connectivity index (χ2v) is 18.0. The second-order valence-electron chi connectivity index (χ2n) is 18.0. The summed E-state index contributed by atoms with van der Waals surface area (Å²) in [6.45, 7) is 4.73. The van der Waals surface area contributed by atoms with Gasteiger partial charge in [0.1, 0.15) is 11.2 Å². The Bertz CT molecular complexity index is 3830. The van der Waals surface area contributed by atoms with Gasteiger partial charge < -0.3 is 9.32 Å². The van der Waals surface area contributed by atoms with Gasteiger partial charge in [0.2, 0.25) is 0 Å². The summed E-state index contributed by atoms with van der Waals surface area (Å²) in [6.07, 6.45) is 0. The molecule has 1 aliphatic rings. The first-order valence-corrected chi connectivity index (χ1v) is 22.6. The lowest BCUT2D eigenvalue weighted by Crippen LogP contribution is -2.17. The van der Waals surface area contributed by atoms with Crippen LogP contribution in [0, 0.1) is 0 Å². The Labute approximate surface area is 378 Å². The number of benzene rings is 11. The van der Waals surface area contributed by atoms with Crippen molar-refractivity contribution in [3.8, 4) is 44.5 Å². The third-order valence-corrected chi connectivity index (χ3v) is 14.1. The van der Waals surface area contributed by atoms with Crippen LogP contribution in [0.1, 0.15) is 25.0 Å². The molecule has 0 unspecified atom stereocenters. The third kappa shape index (κ3) is 5.74. The standard InChI is InChI=1S/C63H43NO/c1-63(2)55-27-11-8-21-48(55)49-35-34-45(39-56(49)63)64(57-28-12-9-20-46(57)42-32-30-41(31-33-42)40-16-4-3-5-17-40)44-19-14-18-43(38-44)47-25-15-26-51-53-36-37-59-62(54-24-10-13-29-58(54)65-59)61(53)52-23-7-6-22-50(52)60(47)51/h3-39H,1-2H3. The molecule has 12 aromatic rings. The summed E-state index contributed by atoms with van der Waals surface area (Å²) in [5, 5.41) is 9.73. The van der Waals surface area contributed by atoms with Crippen LogP contribution in [0.5, 0.6) is 0 Å². The van der Waals surface area contributed by atoms with E-state index in [1.165, 1.54) is 87.8 Å². The first-order valence-electron chi connectivity index (χ1n) is 22.6. The molecule has 0 aliphatic heterocycles. The smallest absolute Gasteiger partial charge is 0.136 e. The maximum Gasteiger partial charge on any atom is 0.136 e. The van der Waals surface area contributed by atoms with E-state index in [-0.39, 0.29) is 5.41 Å². The van der Waals surface area contributed by atoms with Crippen LogP contribution in [0.3, 0.4) is 0 Å². The van der Waals surface area contributed by atoms with Gasteiger partial charge in [-0.05, 0) is 126 Å². The van der Waals surface area contributed by atoms with Crippen molar-refractivity contribution in [2.75, 3.05) is 4.90 Å². The number of hydrogen-bond acceptors (Lipinski definition) is 2. The summed E-state index contributed by atoms with van der Waals surface area (Å²) in [5.74, 6) is 0. The summed E-state index contributed by atoms with van der Waals surface area (Å²) in [7, 11) is 0. The van der Waals surface area contributed by atoms with Crippen LogP contribution < -0.4 is 4.90 Å². The number of para-hydroxylation sites is 2. The quantitative estimate of drug-likeness (QED) is 0.155. The highest BCUT2D eigenvalue weighted by atomic mass is 16.3. The minimum absolute atomic E-state index is 0.149. The lowest BCUT2D eigenvalue weighted by molar-refractivity contribution is 0.660. The Morgan fingerprint density at radius 3 is 1.72 bits per heavy atom. The van der Waals surface area contributed by atoms with Crippen molar-refractivity contribution in [1.29, 1.82) is 0 Å². The maximum atomic E-state index is 6.43. The first-order chi connectivity index (χ1) is 32.0. The van der Waals surface area contributed by atoms with Gasteiger partial charge in [0.05, 0.1) is 5.69 Å². The lowest BCUT2D eigenvalue weighted by Gasteiger charge is -2.30. The van der Waals surface area contributed by atoms with Crippen molar-refractivity contribution in [3.63, 3.8) is 0 Å². The fourth-order valence-corrected chi connectivity index (χ4v) is 11.0. The van der Waals surface area contributed by atoms with E-state index in [9.17, 15) is 0 Å². The number of nitrogens with zero attached hydrogens (tertiary/aromatic N) is 1. The summed E-state index contributed by atoms with van der Waals surface area (Å²) in [4.78, 5) is 2.47. The average Bonchev–Trinajstić information content (AvgIpc) is 3.86.